The molecule has 0 saturated heterocycles. The van der Waals surface area contributed by atoms with E-state index in [1.54, 1.807) is 6.07 Å². The average Bonchev–Trinajstić information content (AvgIpc) is 3.15. The topological polar surface area (TPSA) is 62.5 Å². The summed E-state index contributed by atoms with van der Waals surface area (Å²) in [6.07, 6.45) is 5.04. The second-order valence-corrected chi connectivity index (χ2v) is 5.64. The molecule has 1 fully saturated rings. The van der Waals surface area contributed by atoms with E-state index in [1.807, 2.05) is 30.3 Å². The molecule has 4 nitrogen and oxygen atoms in total. The first-order chi connectivity index (χ1) is 10.2. The van der Waals surface area contributed by atoms with Gasteiger partial charge in [0.2, 0.25) is 0 Å². The third-order valence-corrected chi connectivity index (χ3v) is 4.07. The SMILES string of the molecule is O=C(NCC1(O)CCCC1)c1occc1-c1ccccc1. The Kier molecular flexibility index (Phi) is 3.80. The summed E-state index contributed by atoms with van der Waals surface area (Å²) in [4.78, 5) is 12.3. The molecule has 0 radical (unpaired) electrons. The number of furan rings is 1. The standard InChI is InChI=1S/C17H19NO3/c19-16(18-12-17(20)9-4-5-10-17)15-14(8-11-21-15)13-6-2-1-3-7-13/h1-3,6-8,11,20H,4-5,9-10,12H2,(H,18,19). The van der Waals surface area contributed by atoms with Gasteiger partial charge in [-0.2, -0.15) is 0 Å². The van der Waals surface area contributed by atoms with Crippen LogP contribution in [0.3, 0.4) is 0 Å². The van der Waals surface area contributed by atoms with Gasteiger partial charge in [0.05, 0.1) is 11.9 Å². The van der Waals surface area contributed by atoms with Crippen LogP contribution in [0.4, 0.5) is 0 Å². The summed E-state index contributed by atoms with van der Waals surface area (Å²) >= 11 is 0. The van der Waals surface area contributed by atoms with E-state index in [0.29, 0.717) is 5.76 Å². The largest absolute Gasteiger partial charge is 0.459 e. The number of nitrogens with one attached hydrogen (secondary N) is 1. The quantitative estimate of drug-likeness (QED) is 0.907. The summed E-state index contributed by atoms with van der Waals surface area (Å²) in [6.45, 7) is 0.279. The number of carbonyl (C=O) groups excluding carboxylic acids is 1. The fourth-order valence-electron chi connectivity index (χ4n) is 2.87. The Morgan fingerprint density at radius 3 is 2.62 bits per heavy atom. The Morgan fingerprint density at radius 2 is 1.90 bits per heavy atom. The van der Waals surface area contributed by atoms with Crippen LogP contribution in [0, 0.1) is 0 Å². The highest BCUT2D eigenvalue weighted by molar-refractivity contribution is 5.98. The van der Waals surface area contributed by atoms with Gasteiger partial charge in [0, 0.05) is 12.1 Å². The van der Waals surface area contributed by atoms with E-state index >= 15 is 0 Å². The number of amides is 1. The maximum atomic E-state index is 12.3. The van der Waals surface area contributed by atoms with Gasteiger partial charge in [0.1, 0.15) is 0 Å². The smallest absolute Gasteiger partial charge is 0.287 e. The number of hydrogen-bond donors (Lipinski definition) is 2. The molecule has 4 heteroatoms. The molecule has 1 aliphatic carbocycles. The zero-order chi connectivity index (χ0) is 14.7. The van der Waals surface area contributed by atoms with Crippen molar-refractivity contribution in [2.24, 2.45) is 0 Å². The van der Waals surface area contributed by atoms with Crippen LogP contribution in [-0.4, -0.2) is 23.2 Å². The summed E-state index contributed by atoms with van der Waals surface area (Å²) in [6, 6.07) is 11.4. The van der Waals surface area contributed by atoms with Gasteiger partial charge in [-0.3, -0.25) is 4.79 Å². The van der Waals surface area contributed by atoms with Crippen LogP contribution in [0.1, 0.15) is 36.2 Å². The predicted molar refractivity (Wildman–Crippen MR) is 79.9 cm³/mol. The molecule has 21 heavy (non-hydrogen) atoms. The van der Waals surface area contributed by atoms with Gasteiger partial charge in [0.15, 0.2) is 5.76 Å². The molecule has 3 rings (SSSR count). The van der Waals surface area contributed by atoms with Crippen LogP contribution in [0.2, 0.25) is 0 Å². The average molecular weight is 285 g/mol. The summed E-state index contributed by atoms with van der Waals surface area (Å²) in [5.74, 6) is 0.0157. The molecule has 0 atom stereocenters. The zero-order valence-corrected chi connectivity index (χ0v) is 11.8. The second kappa shape index (κ2) is 5.74. The van der Waals surface area contributed by atoms with Crippen LogP contribution >= 0.6 is 0 Å². The molecule has 0 unspecified atom stereocenters. The zero-order valence-electron chi connectivity index (χ0n) is 11.8. The number of benzene rings is 1. The third kappa shape index (κ3) is 3.00. The molecular weight excluding hydrogens is 266 g/mol. The maximum Gasteiger partial charge on any atom is 0.287 e. The van der Waals surface area contributed by atoms with Crippen LogP contribution < -0.4 is 5.32 Å². The van der Waals surface area contributed by atoms with Crippen molar-refractivity contribution in [1.82, 2.24) is 5.32 Å². The molecule has 2 aromatic rings. The molecule has 0 aliphatic heterocycles. The molecule has 1 amide bonds. The van der Waals surface area contributed by atoms with Gasteiger partial charge in [-0.25, -0.2) is 0 Å². The monoisotopic (exact) mass is 285 g/mol. The van der Waals surface area contributed by atoms with Crippen LogP contribution in [0.5, 0.6) is 0 Å². The van der Waals surface area contributed by atoms with Crippen molar-refractivity contribution >= 4 is 5.91 Å². The lowest BCUT2D eigenvalue weighted by Gasteiger charge is -2.22. The molecular formula is C17H19NO3. The molecule has 1 aromatic carbocycles. The number of aliphatic hydroxyl groups is 1. The number of rotatable bonds is 4. The molecule has 0 spiro atoms. The molecule has 2 N–H and O–H groups in total. The lowest BCUT2D eigenvalue weighted by atomic mass is 10.0. The maximum absolute atomic E-state index is 12.3. The fraction of sp³-hybridized carbons (Fsp3) is 0.353. The molecule has 1 heterocycles. The Bertz CT molecular complexity index is 612. The van der Waals surface area contributed by atoms with Gasteiger partial charge in [-0.15, -0.1) is 0 Å². The number of carbonyl (C=O) groups is 1. The van der Waals surface area contributed by atoms with E-state index in [2.05, 4.69) is 5.32 Å². The summed E-state index contributed by atoms with van der Waals surface area (Å²) in [7, 11) is 0. The minimum atomic E-state index is -0.755. The fourth-order valence-corrected chi connectivity index (χ4v) is 2.87. The molecule has 0 bridgehead atoms. The van der Waals surface area contributed by atoms with Crippen LogP contribution in [0.25, 0.3) is 11.1 Å². The van der Waals surface area contributed by atoms with Crippen molar-refractivity contribution in [2.75, 3.05) is 6.54 Å². The van der Waals surface area contributed by atoms with Gasteiger partial charge in [-0.05, 0) is 24.5 Å². The van der Waals surface area contributed by atoms with Crippen molar-refractivity contribution in [1.29, 1.82) is 0 Å². The second-order valence-electron chi connectivity index (χ2n) is 5.64. The predicted octanol–water partition coefficient (Wildman–Crippen LogP) is 2.98. The lowest BCUT2D eigenvalue weighted by Crippen LogP contribution is -2.40. The van der Waals surface area contributed by atoms with Gasteiger partial charge >= 0.3 is 0 Å². The van der Waals surface area contributed by atoms with Crippen molar-refractivity contribution in [3.63, 3.8) is 0 Å². The molecule has 1 aliphatic rings. The highest BCUT2D eigenvalue weighted by Crippen LogP contribution is 2.29. The van der Waals surface area contributed by atoms with E-state index in [9.17, 15) is 9.90 Å². The first kappa shape index (κ1) is 13.9. The van der Waals surface area contributed by atoms with Crippen molar-refractivity contribution in [3.8, 4) is 11.1 Å². The highest BCUT2D eigenvalue weighted by Gasteiger charge is 2.32. The van der Waals surface area contributed by atoms with Gasteiger partial charge < -0.3 is 14.8 Å². The van der Waals surface area contributed by atoms with E-state index in [1.165, 1.54) is 6.26 Å². The number of hydrogen-bond acceptors (Lipinski definition) is 3. The molecule has 1 aromatic heterocycles. The normalized spacial score (nSPS) is 16.8. The minimum absolute atomic E-state index is 0.279. The van der Waals surface area contributed by atoms with Crippen molar-refractivity contribution in [3.05, 3.63) is 48.4 Å². The Labute approximate surface area is 123 Å². The van der Waals surface area contributed by atoms with E-state index < -0.39 is 5.60 Å². The third-order valence-electron chi connectivity index (χ3n) is 4.07. The lowest BCUT2D eigenvalue weighted by molar-refractivity contribution is 0.0444. The highest BCUT2D eigenvalue weighted by atomic mass is 16.3. The van der Waals surface area contributed by atoms with E-state index in [0.717, 1.165) is 36.8 Å². The van der Waals surface area contributed by atoms with Crippen LogP contribution in [-0.2, 0) is 0 Å². The van der Waals surface area contributed by atoms with E-state index in [-0.39, 0.29) is 12.5 Å². The van der Waals surface area contributed by atoms with Crippen LogP contribution in [0.15, 0.2) is 47.1 Å². The van der Waals surface area contributed by atoms with E-state index in [4.69, 9.17) is 4.42 Å². The Hall–Kier alpha value is -2.07. The molecule has 1 saturated carbocycles. The van der Waals surface area contributed by atoms with Crippen molar-refractivity contribution < 1.29 is 14.3 Å². The summed E-state index contributed by atoms with van der Waals surface area (Å²) < 4.78 is 5.34. The van der Waals surface area contributed by atoms with Gasteiger partial charge in [-0.1, -0.05) is 43.2 Å². The molecule has 110 valence electrons. The van der Waals surface area contributed by atoms with Gasteiger partial charge in [0.25, 0.3) is 5.91 Å². The van der Waals surface area contributed by atoms with Crippen molar-refractivity contribution in [2.45, 2.75) is 31.3 Å². The first-order valence-electron chi connectivity index (χ1n) is 7.31. The minimum Gasteiger partial charge on any atom is -0.459 e. The summed E-state index contributed by atoms with van der Waals surface area (Å²) in [5.41, 5.74) is 0.956. The first-order valence-corrected chi connectivity index (χ1v) is 7.31. The Morgan fingerprint density at radius 1 is 1.19 bits per heavy atom. The summed E-state index contributed by atoms with van der Waals surface area (Å²) in [5, 5.41) is 13.1. The Balaban J connectivity index is 1.72.